The van der Waals surface area contributed by atoms with Crippen LogP contribution < -0.4 is 14.8 Å². The number of likely N-dealkylation sites (N-methyl/N-ethyl adjacent to an activating group) is 1. The second kappa shape index (κ2) is 12.8. The maximum atomic E-state index is 13.3. The average Bonchev–Trinajstić information content (AvgIpc) is 3.84. The normalized spacial score (nSPS) is 16.7. The quantitative estimate of drug-likeness (QED) is 0.221. The molecular weight excluding hydrogens is 586 g/mol. The summed E-state index contributed by atoms with van der Waals surface area (Å²) in [5, 5.41) is 12.9. The SMILES string of the molecule is CCOC(=O)c1csc(NC(=O)c2cc(Oc3ccc(-c4nnc(C5CCCC5)o4)cc3)cc(OC3CCN(C)C3=O)c2)n1. The topological polar surface area (TPSA) is 146 Å². The van der Waals surface area contributed by atoms with Gasteiger partial charge in [0.05, 0.1) is 6.61 Å². The molecule has 3 heterocycles. The first-order chi connectivity index (χ1) is 21.4. The van der Waals surface area contributed by atoms with Gasteiger partial charge in [-0.2, -0.15) is 0 Å². The van der Waals surface area contributed by atoms with E-state index in [4.69, 9.17) is 18.6 Å². The number of nitrogens with zero attached hydrogens (tertiary/aromatic N) is 4. The average molecular weight is 618 g/mol. The lowest BCUT2D eigenvalue weighted by atomic mass is 10.1. The number of nitrogens with one attached hydrogen (secondary N) is 1. The predicted octanol–water partition coefficient (Wildman–Crippen LogP) is 5.68. The fourth-order valence-electron chi connectivity index (χ4n) is 5.18. The lowest BCUT2D eigenvalue weighted by molar-refractivity contribution is -0.132. The molecule has 1 aliphatic heterocycles. The molecular formula is C31H31N5O7S. The molecule has 13 heteroatoms. The van der Waals surface area contributed by atoms with Gasteiger partial charge in [0.15, 0.2) is 16.9 Å². The summed E-state index contributed by atoms with van der Waals surface area (Å²) in [5.74, 6) is 1.39. The van der Waals surface area contributed by atoms with Gasteiger partial charge in [-0.3, -0.25) is 14.9 Å². The highest BCUT2D eigenvalue weighted by Gasteiger charge is 2.31. The van der Waals surface area contributed by atoms with Crippen molar-refractivity contribution in [1.29, 1.82) is 0 Å². The van der Waals surface area contributed by atoms with Crippen LogP contribution in [0.1, 0.15) is 71.7 Å². The molecule has 0 spiro atoms. The number of esters is 1. The van der Waals surface area contributed by atoms with E-state index in [1.165, 1.54) is 24.3 Å². The fourth-order valence-corrected chi connectivity index (χ4v) is 5.86. The molecule has 0 bridgehead atoms. The van der Waals surface area contributed by atoms with Crippen molar-refractivity contribution >= 4 is 34.3 Å². The van der Waals surface area contributed by atoms with E-state index in [0.29, 0.717) is 47.9 Å². The van der Waals surface area contributed by atoms with Crippen molar-refractivity contribution in [3.05, 3.63) is 65.0 Å². The van der Waals surface area contributed by atoms with Crippen LogP contribution in [0.5, 0.6) is 17.2 Å². The van der Waals surface area contributed by atoms with E-state index in [9.17, 15) is 14.4 Å². The van der Waals surface area contributed by atoms with E-state index in [2.05, 4.69) is 20.5 Å². The zero-order valence-electron chi connectivity index (χ0n) is 24.3. The third-order valence-corrected chi connectivity index (χ3v) is 8.25. The van der Waals surface area contributed by atoms with Gasteiger partial charge < -0.3 is 23.5 Å². The van der Waals surface area contributed by atoms with E-state index < -0.39 is 18.0 Å². The summed E-state index contributed by atoms with van der Waals surface area (Å²) >= 11 is 1.10. The number of amides is 2. The Morgan fingerprint density at radius 3 is 2.55 bits per heavy atom. The molecule has 2 fully saturated rings. The molecule has 2 aliphatic rings. The van der Waals surface area contributed by atoms with Crippen LogP contribution >= 0.6 is 11.3 Å². The van der Waals surface area contributed by atoms with Crippen LogP contribution in [0, 0.1) is 0 Å². The number of rotatable bonds is 10. The highest BCUT2D eigenvalue weighted by Crippen LogP contribution is 2.35. The molecule has 44 heavy (non-hydrogen) atoms. The predicted molar refractivity (Wildman–Crippen MR) is 160 cm³/mol. The first-order valence-electron chi connectivity index (χ1n) is 14.5. The summed E-state index contributed by atoms with van der Waals surface area (Å²) in [7, 11) is 1.72. The van der Waals surface area contributed by atoms with Gasteiger partial charge in [0.25, 0.3) is 11.8 Å². The van der Waals surface area contributed by atoms with Crippen molar-refractivity contribution in [3.63, 3.8) is 0 Å². The second-order valence-corrected chi connectivity index (χ2v) is 11.5. The summed E-state index contributed by atoms with van der Waals surface area (Å²) in [5.41, 5.74) is 1.09. The van der Waals surface area contributed by atoms with Gasteiger partial charge in [0.2, 0.25) is 11.8 Å². The summed E-state index contributed by atoms with van der Waals surface area (Å²) < 4.78 is 23.0. The van der Waals surface area contributed by atoms with Crippen LogP contribution in [0.15, 0.2) is 52.3 Å². The first-order valence-corrected chi connectivity index (χ1v) is 15.4. The van der Waals surface area contributed by atoms with Gasteiger partial charge in [0, 0.05) is 48.5 Å². The Bertz CT molecular complexity index is 1660. The van der Waals surface area contributed by atoms with Crippen molar-refractivity contribution in [2.45, 2.75) is 51.0 Å². The molecule has 1 atom stereocenters. The van der Waals surface area contributed by atoms with Crippen molar-refractivity contribution in [2.75, 3.05) is 25.5 Å². The first kappa shape index (κ1) is 29.3. The highest BCUT2D eigenvalue weighted by molar-refractivity contribution is 7.14. The van der Waals surface area contributed by atoms with Crippen LogP contribution in [-0.4, -0.2) is 64.2 Å². The summed E-state index contributed by atoms with van der Waals surface area (Å²) in [6.07, 6.45) is 4.36. The highest BCUT2D eigenvalue weighted by atomic mass is 32.1. The van der Waals surface area contributed by atoms with E-state index in [-0.39, 0.29) is 28.9 Å². The van der Waals surface area contributed by atoms with E-state index >= 15 is 0 Å². The molecule has 12 nitrogen and oxygen atoms in total. The molecule has 228 valence electrons. The number of hydrogen-bond donors (Lipinski definition) is 1. The summed E-state index contributed by atoms with van der Waals surface area (Å²) in [6, 6.07) is 11.9. The van der Waals surface area contributed by atoms with E-state index in [0.717, 1.165) is 29.7 Å². The van der Waals surface area contributed by atoms with Gasteiger partial charge in [-0.15, -0.1) is 21.5 Å². The summed E-state index contributed by atoms with van der Waals surface area (Å²) in [6.45, 7) is 2.50. The Balaban J connectivity index is 1.21. The van der Waals surface area contributed by atoms with Crippen LogP contribution in [0.4, 0.5) is 5.13 Å². The van der Waals surface area contributed by atoms with Gasteiger partial charge in [0.1, 0.15) is 17.2 Å². The number of anilines is 1. The summed E-state index contributed by atoms with van der Waals surface area (Å²) in [4.78, 5) is 43.5. The maximum absolute atomic E-state index is 13.3. The number of likely N-dealkylation sites (tertiary alicyclic amines) is 1. The smallest absolute Gasteiger partial charge is 0.357 e. The van der Waals surface area contributed by atoms with Crippen LogP contribution in [0.3, 0.4) is 0 Å². The third kappa shape index (κ3) is 6.57. The van der Waals surface area contributed by atoms with Gasteiger partial charge in [-0.05, 0) is 56.2 Å². The Morgan fingerprint density at radius 2 is 1.82 bits per heavy atom. The molecule has 6 rings (SSSR count). The molecule has 2 amide bonds. The molecule has 0 radical (unpaired) electrons. The number of carbonyl (C=O) groups excluding carboxylic acids is 3. The van der Waals surface area contributed by atoms with Crippen LogP contribution in [0.2, 0.25) is 0 Å². The Hall–Kier alpha value is -4.78. The third-order valence-electron chi connectivity index (χ3n) is 7.49. The molecule has 2 aromatic heterocycles. The molecule has 1 unspecified atom stereocenters. The van der Waals surface area contributed by atoms with Gasteiger partial charge in [-0.25, -0.2) is 9.78 Å². The van der Waals surface area contributed by atoms with Crippen molar-refractivity contribution in [2.24, 2.45) is 0 Å². The van der Waals surface area contributed by atoms with E-state index in [1.54, 1.807) is 43.1 Å². The molecule has 1 saturated carbocycles. The van der Waals surface area contributed by atoms with E-state index in [1.807, 2.05) is 12.1 Å². The molecule has 1 N–H and O–H groups in total. The largest absolute Gasteiger partial charge is 0.480 e. The Labute approximate surface area is 257 Å². The fraction of sp³-hybridized carbons (Fsp3) is 0.355. The maximum Gasteiger partial charge on any atom is 0.357 e. The number of ether oxygens (including phenoxy) is 3. The number of carbonyl (C=O) groups is 3. The number of hydrogen-bond acceptors (Lipinski definition) is 11. The minimum atomic E-state index is -0.667. The molecule has 1 aliphatic carbocycles. The zero-order chi connectivity index (χ0) is 30.6. The lowest BCUT2D eigenvalue weighted by Crippen LogP contribution is -2.29. The monoisotopic (exact) mass is 617 g/mol. The standard InChI is InChI=1S/C31H31N5O7S/c1-3-40-30(39)24-17-44-31(32-24)33-26(37)20-14-22(16-23(15-20)42-25-12-13-36(2)29(25)38)41-21-10-8-19(9-11-21)28-35-34-27(43-28)18-6-4-5-7-18/h8-11,14-18,25H,3-7,12-13H2,1-2H3,(H,32,33,37). The molecule has 1 saturated heterocycles. The lowest BCUT2D eigenvalue weighted by Gasteiger charge is -2.15. The Kier molecular flexibility index (Phi) is 8.55. The van der Waals surface area contributed by atoms with Crippen LogP contribution in [0.25, 0.3) is 11.5 Å². The minimum absolute atomic E-state index is 0.107. The van der Waals surface area contributed by atoms with Crippen molar-refractivity contribution in [3.8, 4) is 28.7 Å². The number of aromatic nitrogens is 3. The van der Waals surface area contributed by atoms with Crippen molar-refractivity contribution in [1.82, 2.24) is 20.1 Å². The van der Waals surface area contributed by atoms with Gasteiger partial charge >= 0.3 is 5.97 Å². The van der Waals surface area contributed by atoms with Crippen molar-refractivity contribution < 1.29 is 33.0 Å². The Morgan fingerprint density at radius 1 is 1.05 bits per heavy atom. The molecule has 2 aromatic carbocycles. The van der Waals surface area contributed by atoms with Gasteiger partial charge in [-0.1, -0.05) is 12.8 Å². The van der Waals surface area contributed by atoms with Crippen LogP contribution in [-0.2, 0) is 9.53 Å². The second-order valence-electron chi connectivity index (χ2n) is 10.6. The number of benzene rings is 2. The minimum Gasteiger partial charge on any atom is -0.480 e. The number of thiazole rings is 1. The molecule has 4 aromatic rings. The zero-order valence-corrected chi connectivity index (χ0v) is 25.1.